The van der Waals surface area contributed by atoms with Crippen LogP contribution in [0.5, 0.6) is 0 Å². The van der Waals surface area contributed by atoms with E-state index >= 15 is 0 Å². The van der Waals surface area contributed by atoms with Crippen molar-refractivity contribution in [2.24, 2.45) is 5.92 Å². The van der Waals surface area contributed by atoms with Crippen molar-refractivity contribution in [3.8, 4) is 0 Å². The molecule has 1 N–H and O–H groups in total. The zero-order chi connectivity index (χ0) is 12.5. The molecule has 0 aliphatic carbocycles. The Bertz CT molecular complexity index is 295. The fourth-order valence-electron chi connectivity index (χ4n) is 1.68. The molecule has 1 heterocycles. The monoisotopic (exact) mass is 239 g/mol. The number of hydrogen-bond donors (Lipinski definition) is 1. The Balaban J connectivity index is 2.27. The minimum absolute atomic E-state index is 0.656. The maximum absolute atomic E-state index is 4.05. The zero-order valence-corrected chi connectivity index (χ0v) is 11.3. The molecule has 0 unspecified atom stereocenters. The van der Waals surface area contributed by atoms with Crippen LogP contribution in [-0.2, 0) is 13.1 Å². The van der Waals surface area contributed by atoms with E-state index < -0.39 is 0 Å². The average Bonchev–Trinajstić information content (AvgIpc) is 2.72. The van der Waals surface area contributed by atoms with Gasteiger partial charge in [0.15, 0.2) is 5.82 Å². The summed E-state index contributed by atoms with van der Waals surface area (Å²) in [6.45, 7) is 9.31. The Morgan fingerprint density at radius 2 is 2.06 bits per heavy atom. The van der Waals surface area contributed by atoms with E-state index in [1.807, 2.05) is 4.68 Å². The Morgan fingerprint density at radius 3 is 2.76 bits per heavy atom. The van der Waals surface area contributed by atoms with Crippen LogP contribution in [0.3, 0.4) is 0 Å². The van der Waals surface area contributed by atoms with Gasteiger partial charge in [-0.25, -0.2) is 4.68 Å². The SMILES string of the molecule is CCCCCCn1nnnc1CNCC(C)C. The summed E-state index contributed by atoms with van der Waals surface area (Å²) in [6.07, 6.45) is 4.98. The number of rotatable bonds is 9. The van der Waals surface area contributed by atoms with E-state index in [0.717, 1.165) is 31.9 Å². The first kappa shape index (κ1) is 14.1. The first-order chi connectivity index (χ1) is 8.24. The second-order valence-electron chi connectivity index (χ2n) is 4.90. The molecule has 5 heteroatoms. The van der Waals surface area contributed by atoms with Gasteiger partial charge in [0.2, 0.25) is 0 Å². The van der Waals surface area contributed by atoms with E-state index in [1.165, 1.54) is 19.3 Å². The maximum Gasteiger partial charge on any atom is 0.165 e. The van der Waals surface area contributed by atoms with Gasteiger partial charge in [-0.15, -0.1) is 5.10 Å². The topological polar surface area (TPSA) is 55.6 Å². The molecule has 0 bridgehead atoms. The quantitative estimate of drug-likeness (QED) is 0.670. The summed E-state index contributed by atoms with van der Waals surface area (Å²) in [5.74, 6) is 1.60. The Morgan fingerprint density at radius 1 is 1.24 bits per heavy atom. The molecule has 0 saturated carbocycles. The van der Waals surface area contributed by atoms with Gasteiger partial charge in [-0.05, 0) is 29.3 Å². The highest BCUT2D eigenvalue weighted by Crippen LogP contribution is 2.02. The van der Waals surface area contributed by atoms with Gasteiger partial charge in [-0.3, -0.25) is 0 Å². The van der Waals surface area contributed by atoms with E-state index in [0.29, 0.717) is 5.92 Å². The maximum atomic E-state index is 4.05. The number of aromatic nitrogens is 4. The second kappa shape index (κ2) is 8.17. The number of nitrogens with zero attached hydrogens (tertiary/aromatic N) is 4. The Kier molecular flexibility index (Phi) is 6.77. The standard InChI is InChI=1S/C12H25N5/c1-4-5-6-7-8-17-12(14-15-16-17)10-13-9-11(2)3/h11,13H,4-10H2,1-3H3. The first-order valence-electron chi connectivity index (χ1n) is 6.69. The van der Waals surface area contributed by atoms with Crippen LogP contribution in [-0.4, -0.2) is 26.8 Å². The summed E-state index contributed by atoms with van der Waals surface area (Å²) in [6, 6.07) is 0. The molecule has 0 aliphatic rings. The van der Waals surface area contributed by atoms with Crippen LogP contribution in [0.15, 0.2) is 0 Å². The van der Waals surface area contributed by atoms with Gasteiger partial charge in [0.1, 0.15) is 0 Å². The molecule has 1 aromatic rings. The van der Waals surface area contributed by atoms with E-state index in [9.17, 15) is 0 Å². The minimum Gasteiger partial charge on any atom is -0.310 e. The molecule has 0 saturated heterocycles. The third-order valence-electron chi connectivity index (χ3n) is 2.67. The summed E-state index contributed by atoms with van der Waals surface area (Å²) >= 11 is 0. The van der Waals surface area contributed by atoms with Crippen LogP contribution < -0.4 is 5.32 Å². The third-order valence-corrected chi connectivity index (χ3v) is 2.67. The van der Waals surface area contributed by atoms with Crippen molar-refractivity contribution in [3.63, 3.8) is 0 Å². The van der Waals surface area contributed by atoms with Crippen molar-refractivity contribution >= 4 is 0 Å². The van der Waals surface area contributed by atoms with Crippen molar-refractivity contribution < 1.29 is 0 Å². The second-order valence-corrected chi connectivity index (χ2v) is 4.90. The lowest BCUT2D eigenvalue weighted by Crippen LogP contribution is -2.21. The fourth-order valence-corrected chi connectivity index (χ4v) is 1.68. The molecule has 0 fully saturated rings. The predicted molar refractivity (Wildman–Crippen MR) is 68.5 cm³/mol. The van der Waals surface area contributed by atoms with Crippen molar-refractivity contribution in [1.29, 1.82) is 0 Å². The summed E-state index contributed by atoms with van der Waals surface area (Å²) in [5, 5.41) is 15.2. The summed E-state index contributed by atoms with van der Waals surface area (Å²) in [5.41, 5.74) is 0. The van der Waals surface area contributed by atoms with Gasteiger partial charge in [0, 0.05) is 6.54 Å². The average molecular weight is 239 g/mol. The van der Waals surface area contributed by atoms with Crippen LogP contribution >= 0.6 is 0 Å². The summed E-state index contributed by atoms with van der Waals surface area (Å²) < 4.78 is 1.92. The summed E-state index contributed by atoms with van der Waals surface area (Å²) in [7, 11) is 0. The van der Waals surface area contributed by atoms with Crippen LogP contribution in [0.2, 0.25) is 0 Å². The normalized spacial score (nSPS) is 11.3. The van der Waals surface area contributed by atoms with E-state index in [1.54, 1.807) is 0 Å². The molecule has 0 spiro atoms. The van der Waals surface area contributed by atoms with Crippen LogP contribution in [0.25, 0.3) is 0 Å². The lowest BCUT2D eigenvalue weighted by molar-refractivity contribution is 0.486. The van der Waals surface area contributed by atoms with Gasteiger partial charge < -0.3 is 5.32 Å². The first-order valence-corrected chi connectivity index (χ1v) is 6.69. The lowest BCUT2D eigenvalue weighted by atomic mass is 10.2. The highest BCUT2D eigenvalue weighted by molar-refractivity contribution is 4.79. The molecule has 5 nitrogen and oxygen atoms in total. The van der Waals surface area contributed by atoms with E-state index in [-0.39, 0.29) is 0 Å². The molecule has 1 rings (SSSR count). The van der Waals surface area contributed by atoms with Crippen LogP contribution in [0.4, 0.5) is 0 Å². The number of tetrazole rings is 1. The Hall–Kier alpha value is -0.970. The van der Waals surface area contributed by atoms with Crippen molar-refractivity contribution in [2.45, 2.75) is 59.5 Å². The van der Waals surface area contributed by atoms with Gasteiger partial charge in [0.25, 0.3) is 0 Å². The minimum atomic E-state index is 0.656. The number of unbranched alkanes of at least 4 members (excludes halogenated alkanes) is 3. The van der Waals surface area contributed by atoms with Gasteiger partial charge in [-0.2, -0.15) is 0 Å². The predicted octanol–water partition coefficient (Wildman–Crippen LogP) is 2.00. The summed E-state index contributed by atoms with van der Waals surface area (Å²) in [4.78, 5) is 0. The molecular weight excluding hydrogens is 214 g/mol. The smallest absolute Gasteiger partial charge is 0.165 e. The number of aryl methyl sites for hydroxylation is 1. The van der Waals surface area contributed by atoms with E-state index in [2.05, 4.69) is 41.6 Å². The zero-order valence-electron chi connectivity index (χ0n) is 11.3. The van der Waals surface area contributed by atoms with Gasteiger partial charge in [-0.1, -0.05) is 40.0 Å². The fraction of sp³-hybridized carbons (Fsp3) is 0.917. The number of hydrogen-bond acceptors (Lipinski definition) is 4. The van der Waals surface area contributed by atoms with Crippen molar-refractivity contribution in [1.82, 2.24) is 25.5 Å². The largest absolute Gasteiger partial charge is 0.310 e. The molecule has 0 aromatic carbocycles. The van der Waals surface area contributed by atoms with Crippen molar-refractivity contribution in [3.05, 3.63) is 5.82 Å². The molecule has 0 amide bonds. The highest BCUT2D eigenvalue weighted by Gasteiger charge is 2.05. The molecule has 1 aromatic heterocycles. The lowest BCUT2D eigenvalue weighted by Gasteiger charge is -2.07. The molecule has 0 aliphatic heterocycles. The molecular formula is C12H25N5. The highest BCUT2D eigenvalue weighted by atomic mass is 15.5. The van der Waals surface area contributed by atoms with Gasteiger partial charge in [0.05, 0.1) is 6.54 Å². The third kappa shape index (κ3) is 5.77. The Labute approximate surface area is 104 Å². The van der Waals surface area contributed by atoms with Crippen molar-refractivity contribution in [2.75, 3.05) is 6.54 Å². The van der Waals surface area contributed by atoms with E-state index in [4.69, 9.17) is 0 Å². The molecule has 98 valence electrons. The van der Waals surface area contributed by atoms with Gasteiger partial charge >= 0.3 is 0 Å². The molecule has 0 atom stereocenters. The molecule has 17 heavy (non-hydrogen) atoms. The van der Waals surface area contributed by atoms with Crippen LogP contribution in [0.1, 0.15) is 52.3 Å². The van der Waals surface area contributed by atoms with Crippen LogP contribution in [0, 0.1) is 5.92 Å². The number of nitrogens with one attached hydrogen (secondary N) is 1. The molecule has 0 radical (unpaired) electrons.